The molecule has 0 aliphatic carbocycles. The molecule has 100 valence electrons. The molecule has 1 aliphatic rings. The van der Waals surface area contributed by atoms with Gasteiger partial charge in [0.25, 0.3) is 0 Å². The number of likely N-dealkylation sites (tertiary alicyclic amines) is 1. The fourth-order valence-electron chi connectivity index (χ4n) is 2.60. The van der Waals surface area contributed by atoms with E-state index in [1.54, 1.807) is 0 Å². The van der Waals surface area contributed by atoms with Crippen molar-refractivity contribution in [3.8, 4) is 0 Å². The first kappa shape index (κ1) is 13.0. The van der Waals surface area contributed by atoms with Crippen LogP contribution in [0.15, 0.2) is 10.9 Å². The molecule has 1 saturated heterocycles. The molecule has 6 heteroatoms. The van der Waals surface area contributed by atoms with E-state index in [-0.39, 0.29) is 12.3 Å². The summed E-state index contributed by atoms with van der Waals surface area (Å²) in [5.74, 6) is 0.650. The highest BCUT2D eigenvalue weighted by atomic mass is 16.5. The Labute approximate surface area is 106 Å². The highest BCUT2D eigenvalue weighted by Gasteiger charge is 2.26. The highest BCUT2D eigenvalue weighted by molar-refractivity contribution is 5.66. The molecule has 0 bridgehead atoms. The van der Waals surface area contributed by atoms with Crippen molar-refractivity contribution in [2.75, 3.05) is 13.1 Å². The number of rotatable bonds is 5. The zero-order valence-electron chi connectivity index (χ0n) is 10.6. The summed E-state index contributed by atoms with van der Waals surface area (Å²) in [7, 11) is 0. The van der Waals surface area contributed by atoms with Crippen molar-refractivity contribution >= 4 is 5.97 Å². The Balaban J connectivity index is 1.86. The van der Waals surface area contributed by atoms with Crippen molar-refractivity contribution in [2.45, 2.75) is 32.7 Å². The largest absolute Gasteiger partial charge is 0.481 e. The molecule has 2 heterocycles. The van der Waals surface area contributed by atoms with Crippen LogP contribution in [0.4, 0.5) is 0 Å². The van der Waals surface area contributed by atoms with Gasteiger partial charge in [0.2, 0.25) is 6.39 Å². The normalized spacial score (nSPS) is 22.8. The summed E-state index contributed by atoms with van der Waals surface area (Å²) in [5.41, 5.74) is 0. The molecule has 1 N–H and O–H groups in total. The van der Waals surface area contributed by atoms with Crippen LogP contribution >= 0.6 is 0 Å². The number of hydrogen-bond donors (Lipinski definition) is 1. The highest BCUT2D eigenvalue weighted by Crippen LogP contribution is 2.26. The van der Waals surface area contributed by atoms with E-state index < -0.39 is 5.97 Å². The van der Waals surface area contributed by atoms with Gasteiger partial charge in [0.1, 0.15) is 0 Å². The number of piperidine rings is 1. The van der Waals surface area contributed by atoms with Crippen molar-refractivity contribution in [3.05, 3.63) is 12.2 Å². The average Bonchev–Trinajstić information content (AvgIpc) is 2.81. The van der Waals surface area contributed by atoms with Gasteiger partial charge in [-0.3, -0.25) is 9.69 Å². The second-order valence-corrected chi connectivity index (χ2v) is 5.06. The lowest BCUT2D eigenvalue weighted by Gasteiger charge is -2.34. The molecule has 18 heavy (non-hydrogen) atoms. The Morgan fingerprint density at radius 3 is 3.22 bits per heavy atom. The molecular formula is C12H19N3O3. The molecule has 1 aliphatic heterocycles. The fourth-order valence-corrected chi connectivity index (χ4v) is 2.60. The first-order valence-electron chi connectivity index (χ1n) is 6.34. The van der Waals surface area contributed by atoms with E-state index in [2.05, 4.69) is 15.0 Å². The van der Waals surface area contributed by atoms with Gasteiger partial charge in [-0.1, -0.05) is 12.1 Å². The lowest BCUT2D eigenvalue weighted by Crippen LogP contribution is -2.38. The van der Waals surface area contributed by atoms with Crippen molar-refractivity contribution in [1.29, 1.82) is 0 Å². The summed E-state index contributed by atoms with van der Waals surface area (Å²) >= 11 is 0. The first-order chi connectivity index (χ1) is 8.65. The van der Waals surface area contributed by atoms with Crippen LogP contribution in [-0.2, 0) is 11.3 Å². The van der Waals surface area contributed by atoms with Crippen LogP contribution in [0.2, 0.25) is 0 Å². The van der Waals surface area contributed by atoms with Gasteiger partial charge in [-0.2, -0.15) is 4.98 Å². The SMILES string of the molecule is CC(CC(=O)O)C1CCCN(Cc2ncon2)C1. The van der Waals surface area contributed by atoms with Crippen molar-refractivity contribution in [2.24, 2.45) is 11.8 Å². The topological polar surface area (TPSA) is 79.5 Å². The van der Waals surface area contributed by atoms with E-state index in [1.807, 2.05) is 6.92 Å². The number of aliphatic carboxylic acids is 1. The van der Waals surface area contributed by atoms with Gasteiger partial charge in [-0.25, -0.2) is 0 Å². The first-order valence-corrected chi connectivity index (χ1v) is 6.34. The molecule has 0 spiro atoms. The predicted octanol–water partition coefficient (Wildman–Crippen LogP) is 1.39. The van der Waals surface area contributed by atoms with Gasteiger partial charge in [-0.05, 0) is 31.2 Å². The van der Waals surface area contributed by atoms with Gasteiger partial charge >= 0.3 is 5.97 Å². The lowest BCUT2D eigenvalue weighted by molar-refractivity contribution is -0.138. The van der Waals surface area contributed by atoms with Gasteiger partial charge in [0.05, 0.1) is 6.54 Å². The second kappa shape index (κ2) is 5.95. The van der Waals surface area contributed by atoms with E-state index in [0.717, 1.165) is 25.9 Å². The van der Waals surface area contributed by atoms with E-state index >= 15 is 0 Å². The van der Waals surface area contributed by atoms with Crippen LogP contribution < -0.4 is 0 Å². The zero-order chi connectivity index (χ0) is 13.0. The number of aromatic nitrogens is 2. The maximum absolute atomic E-state index is 10.7. The van der Waals surface area contributed by atoms with Gasteiger partial charge in [-0.15, -0.1) is 0 Å². The van der Waals surface area contributed by atoms with Gasteiger partial charge in [0, 0.05) is 13.0 Å². The van der Waals surface area contributed by atoms with E-state index in [4.69, 9.17) is 9.63 Å². The van der Waals surface area contributed by atoms with Crippen LogP contribution in [0.3, 0.4) is 0 Å². The van der Waals surface area contributed by atoms with Crippen LogP contribution in [-0.4, -0.2) is 39.2 Å². The quantitative estimate of drug-likeness (QED) is 0.854. The summed E-state index contributed by atoms with van der Waals surface area (Å²) in [4.78, 5) is 17.0. The number of carbonyl (C=O) groups is 1. The summed E-state index contributed by atoms with van der Waals surface area (Å²) in [6, 6.07) is 0. The van der Waals surface area contributed by atoms with Crippen LogP contribution in [0.5, 0.6) is 0 Å². The number of nitrogens with zero attached hydrogens (tertiary/aromatic N) is 3. The summed E-state index contributed by atoms with van der Waals surface area (Å²) in [6.07, 6.45) is 3.80. The van der Waals surface area contributed by atoms with E-state index in [0.29, 0.717) is 18.3 Å². The number of carboxylic acid groups (broad SMARTS) is 1. The molecule has 2 atom stereocenters. The lowest BCUT2D eigenvalue weighted by atomic mass is 9.85. The molecule has 0 saturated carbocycles. The summed E-state index contributed by atoms with van der Waals surface area (Å²) < 4.78 is 4.72. The average molecular weight is 253 g/mol. The third kappa shape index (κ3) is 3.53. The molecular weight excluding hydrogens is 234 g/mol. The Bertz CT molecular complexity index is 380. The number of carboxylic acids is 1. The molecule has 2 unspecified atom stereocenters. The monoisotopic (exact) mass is 253 g/mol. The Kier molecular flexibility index (Phi) is 4.30. The van der Waals surface area contributed by atoms with Crippen molar-refractivity contribution in [1.82, 2.24) is 15.0 Å². The molecule has 1 aromatic rings. The van der Waals surface area contributed by atoms with Crippen molar-refractivity contribution in [3.63, 3.8) is 0 Å². The Hall–Kier alpha value is -1.43. The van der Waals surface area contributed by atoms with E-state index in [1.165, 1.54) is 6.39 Å². The molecule has 6 nitrogen and oxygen atoms in total. The summed E-state index contributed by atoms with van der Waals surface area (Å²) in [6.45, 7) is 4.65. The summed E-state index contributed by atoms with van der Waals surface area (Å²) in [5, 5.41) is 12.6. The standard InChI is InChI=1S/C12H19N3O3/c1-9(5-12(16)17)10-3-2-4-15(6-10)7-11-13-8-18-14-11/h8-10H,2-7H2,1H3,(H,16,17). The second-order valence-electron chi connectivity index (χ2n) is 5.06. The Morgan fingerprint density at radius 2 is 2.56 bits per heavy atom. The molecule has 2 rings (SSSR count). The van der Waals surface area contributed by atoms with Crippen molar-refractivity contribution < 1.29 is 14.4 Å². The fraction of sp³-hybridized carbons (Fsp3) is 0.750. The van der Waals surface area contributed by atoms with Crippen LogP contribution in [0, 0.1) is 11.8 Å². The maximum Gasteiger partial charge on any atom is 0.303 e. The minimum Gasteiger partial charge on any atom is -0.481 e. The molecule has 0 amide bonds. The smallest absolute Gasteiger partial charge is 0.303 e. The third-order valence-corrected chi connectivity index (χ3v) is 3.62. The van der Waals surface area contributed by atoms with Gasteiger partial charge in [0.15, 0.2) is 5.82 Å². The maximum atomic E-state index is 10.7. The predicted molar refractivity (Wildman–Crippen MR) is 63.7 cm³/mol. The van der Waals surface area contributed by atoms with Gasteiger partial charge < -0.3 is 9.63 Å². The van der Waals surface area contributed by atoms with E-state index in [9.17, 15) is 4.79 Å². The van der Waals surface area contributed by atoms with Crippen LogP contribution in [0.1, 0.15) is 32.0 Å². The molecule has 1 fully saturated rings. The Morgan fingerprint density at radius 1 is 1.72 bits per heavy atom. The number of hydrogen-bond acceptors (Lipinski definition) is 5. The third-order valence-electron chi connectivity index (χ3n) is 3.62. The molecule has 0 aromatic carbocycles. The minimum absolute atomic E-state index is 0.218. The zero-order valence-corrected chi connectivity index (χ0v) is 10.6. The minimum atomic E-state index is -0.710. The molecule has 1 aromatic heterocycles. The van der Waals surface area contributed by atoms with Crippen LogP contribution in [0.25, 0.3) is 0 Å². The molecule has 0 radical (unpaired) electrons.